The lowest BCUT2D eigenvalue weighted by molar-refractivity contribution is -0.118. The Balaban J connectivity index is 1.57. The molecule has 0 bridgehead atoms. The number of carbonyl (C=O) groups excluding carboxylic acids is 2. The number of hydrogen-bond acceptors (Lipinski definition) is 3. The number of rotatable bonds is 6. The highest BCUT2D eigenvalue weighted by Crippen LogP contribution is 2.28. The van der Waals surface area contributed by atoms with Gasteiger partial charge in [0.25, 0.3) is 0 Å². The highest BCUT2D eigenvalue weighted by atomic mass is 16.5. The minimum atomic E-state index is -0.0149. The molecule has 0 aliphatic carbocycles. The maximum absolute atomic E-state index is 12.4. The topological polar surface area (TPSA) is 46.6 Å². The first-order chi connectivity index (χ1) is 11.7. The third-order valence-corrected chi connectivity index (χ3v) is 4.24. The third kappa shape index (κ3) is 3.48. The number of benzene rings is 2. The van der Waals surface area contributed by atoms with Gasteiger partial charge in [-0.1, -0.05) is 18.2 Å². The number of para-hydroxylation sites is 1. The molecule has 0 radical (unpaired) electrons. The first-order valence-electron chi connectivity index (χ1n) is 8.33. The summed E-state index contributed by atoms with van der Waals surface area (Å²) in [5.74, 6) is 0.747. The van der Waals surface area contributed by atoms with Crippen molar-refractivity contribution in [2.45, 2.75) is 26.2 Å². The van der Waals surface area contributed by atoms with Crippen LogP contribution in [0.5, 0.6) is 5.75 Å². The van der Waals surface area contributed by atoms with Crippen LogP contribution in [-0.4, -0.2) is 24.8 Å². The number of anilines is 1. The van der Waals surface area contributed by atoms with E-state index in [0.717, 1.165) is 17.9 Å². The summed E-state index contributed by atoms with van der Waals surface area (Å²) < 4.78 is 5.37. The predicted octanol–water partition coefficient (Wildman–Crippen LogP) is 3.64. The summed E-state index contributed by atoms with van der Waals surface area (Å²) >= 11 is 0. The van der Waals surface area contributed by atoms with Crippen LogP contribution in [0.1, 0.15) is 35.7 Å². The van der Waals surface area contributed by atoms with Crippen LogP contribution >= 0.6 is 0 Å². The van der Waals surface area contributed by atoms with Gasteiger partial charge >= 0.3 is 0 Å². The van der Waals surface area contributed by atoms with E-state index in [4.69, 9.17) is 4.74 Å². The number of fused-ring (bicyclic) bond motifs is 1. The zero-order valence-corrected chi connectivity index (χ0v) is 13.8. The van der Waals surface area contributed by atoms with Gasteiger partial charge < -0.3 is 9.64 Å². The second-order valence-electron chi connectivity index (χ2n) is 5.80. The van der Waals surface area contributed by atoms with Gasteiger partial charge in [0.2, 0.25) is 5.91 Å². The smallest absolute Gasteiger partial charge is 0.227 e. The van der Waals surface area contributed by atoms with E-state index in [0.29, 0.717) is 18.7 Å². The van der Waals surface area contributed by atoms with E-state index < -0.39 is 0 Å². The van der Waals surface area contributed by atoms with Gasteiger partial charge in [-0.15, -0.1) is 0 Å². The molecule has 0 saturated heterocycles. The zero-order chi connectivity index (χ0) is 16.9. The van der Waals surface area contributed by atoms with Crippen LogP contribution in [0.25, 0.3) is 0 Å². The average Bonchev–Trinajstić information content (AvgIpc) is 3.04. The van der Waals surface area contributed by atoms with Crippen LogP contribution in [0.15, 0.2) is 48.5 Å². The van der Waals surface area contributed by atoms with Crippen molar-refractivity contribution >= 4 is 17.4 Å². The maximum atomic E-state index is 12.4. The number of amides is 1. The molecular weight excluding hydrogens is 302 g/mol. The average molecular weight is 323 g/mol. The SMILES string of the molecule is CCOc1ccc(C(=O)CCC(=O)N2CCc3ccccc32)cc1. The van der Waals surface area contributed by atoms with Crippen LogP contribution in [0, 0.1) is 0 Å². The van der Waals surface area contributed by atoms with Gasteiger partial charge in [-0.25, -0.2) is 0 Å². The predicted molar refractivity (Wildman–Crippen MR) is 93.7 cm³/mol. The molecule has 1 amide bonds. The second-order valence-corrected chi connectivity index (χ2v) is 5.80. The zero-order valence-electron chi connectivity index (χ0n) is 13.8. The molecule has 4 nitrogen and oxygen atoms in total. The Hall–Kier alpha value is -2.62. The highest BCUT2D eigenvalue weighted by molar-refractivity contribution is 6.01. The Morgan fingerprint density at radius 3 is 2.54 bits per heavy atom. The molecule has 0 fully saturated rings. The summed E-state index contributed by atoms with van der Waals surface area (Å²) in [6, 6.07) is 15.0. The van der Waals surface area contributed by atoms with Crippen molar-refractivity contribution in [3.05, 3.63) is 59.7 Å². The Bertz CT molecular complexity index is 737. The maximum Gasteiger partial charge on any atom is 0.227 e. The van der Waals surface area contributed by atoms with Crippen LogP contribution in [0.4, 0.5) is 5.69 Å². The molecule has 0 spiro atoms. The summed E-state index contributed by atoms with van der Waals surface area (Å²) in [5, 5.41) is 0. The van der Waals surface area contributed by atoms with Gasteiger partial charge in [-0.05, 0) is 49.2 Å². The Morgan fingerprint density at radius 2 is 1.79 bits per heavy atom. The van der Waals surface area contributed by atoms with Crippen molar-refractivity contribution in [3.8, 4) is 5.75 Å². The van der Waals surface area contributed by atoms with Crippen molar-refractivity contribution in [2.75, 3.05) is 18.1 Å². The molecule has 0 atom stereocenters. The summed E-state index contributed by atoms with van der Waals surface area (Å²) in [4.78, 5) is 26.5. The lowest BCUT2D eigenvalue weighted by atomic mass is 10.1. The largest absolute Gasteiger partial charge is 0.494 e. The molecule has 0 aromatic heterocycles. The highest BCUT2D eigenvalue weighted by Gasteiger charge is 2.24. The monoisotopic (exact) mass is 323 g/mol. The molecule has 1 aliphatic heterocycles. The van der Waals surface area contributed by atoms with Gasteiger partial charge in [0.1, 0.15) is 5.75 Å². The van der Waals surface area contributed by atoms with Gasteiger partial charge in [0.05, 0.1) is 6.61 Å². The van der Waals surface area contributed by atoms with Crippen molar-refractivity contribution in [2.24, 2.45) is 0 Å². The molecule has 2 aromatic rings. The molecule has 124 valence electrons. The van der Waals surface area contributed by atoms with Crippen molar-refractivity contribution < 1.29 is 14.3 Å². The van der Waals surface area contributed by atoms with Gasteiger partial charge in [0, 0.05) is 30.6 Å². The molecule has 1 heterocycles. The van der Waals surface area contributed by atoms with Gasteiger partial charge in [-0.2, -0.15) is 0 Å². The van der Waals surface area contributed by atoms with Crippen molar-refractivity contribution in [3.63, 3.8) is 0 Å². The molecular formula is C20H21NO3. The minimum Gasteiger partial charge on any atom is -0.494 e. The summed E-state index contributed by atoms with van der Waals surface area (Å²) in [6.45, 7) is 3.22. The van der Waals surface area contributed by atoms with Gasteiger partial charge in [-0.3, -0.25) is 9.59 Å². The summed E-state index contributed by atoms with van der Waals surface area (Å²) in [5.41, 5.74) is 2.80. The lowest BCUT2D eigenvalue weighted by Gasteiger charge is -2.17. The molecule has 24 heavy (non-hydrogen) atoms. The molecule has 2 aromatic carbocycles. The number of hydrogen-bond donors (Lipinski definition) is 0. The number of ketones is 1. The van der Waals surface area contributed by atoms with Crippen molar-refractivity contribution in [1.29, 1.82) is 0 Å². The van der Waals surface area contributed by atoms with E-state index in [2.05, 4.69) is 0 Å². The van der Waals surface area contributed by atoms with E-state index in [9.17, 15) is 9.59 Å². The fourth-order valence-electron chi connectivity index (χ4n) is 3.00. The molecule has 1 aliphatic rings. The molecule has 0 saturated carbocycles. The first-order valence-corrected chi connectivity index (χ1v) is 8.33. The van der Waals surface area contributed by atoms with E-state index >= 15 is 0 Å². The van der Waals surface area contributed by atoms with E-state index in [1.165, 1.54) is 5.56 Å². The number of ether oxygens (including phenoxy) is 1. The lowest BCUT2D eigenvalue weighted by Crippen LogP contribution is -2.29. The van der Waals surface area contributed by atoms with Gasteiger partial charge in [0.15, 0.2) is 5.78 Å². The fourth-order valence-corrected chi connectivity index (χ4v) is 3.00. The van der Waals surface area contributed by atoms with Crippen LogP contribution < -0.4 is 9.64 Å². The number of nitrogens with zero attached hydrogens (tertiary/aromatic N) is 1. The number of Topliss-reactive ketones (excluding diaryl/α,β-unsaturated/α-hetero) is 1. The van der Waals surface area contributed by atoms with Crippen LogP contribution in [-0.2, 0) is 11.2 Å². The summed E-state index contributed by atoms with van der Waals surface area (Å²) in [7, 11) is 0. The van der Waals surface area contributed by atoms with E-state index in [1.807, 2.05) is 31.2 Å². The molecule has 4 heteroatoms. The van der Waals surface area contributed by atoms with E-state index in [-0.39, 0.29) is 24.5 Å². The molecule has 3 rings (SSSR count). The quantitative estimate of drug-likeness (QED) is 0.763. The molecule has 0 unspecified atom stereocenters. The third-order valence-electron chi connectivity index (χ3n) is 4.24. The molecule has 0 N–H and O–H groups in total. The van der Waals surface area contributed by atoms with Crippen LogP contribution in [0.3, 0.4) is 0 Å². The summed E-state index contributed by atoms with van der Waals surface area (Å²) in [6.07, 6.45) is 1.35. The minimum absolute atomic E-state index is 0.0132. The fraction of sp³-hybridized carbons (Fsp3) is 0.300. The van der Waals surface area contributed by atoms with Crippen LogP contribution in [0.2, 0.25) is 0 Å². The normalized spacial score (nSPS) is 12.8. The second kappa shape index (κ2) is 7.30. The Labute approximate surface area is 142 Å². The standard InChI is InChI=1S/C20H21NO3/c1-2-24-17-9-7-16(8-10-17)19(22)11-12-20(23)21-14-13-15-5-3-4-6-18(15)21/h3-10H,2,11-14H2,1H3. The first kappa shape index (κ1) is 16.2. The Morgan fingerprint density at radius 1 is 1.04 bits per heavy atom. The number of carbonyl (C=O) groups is 2. The van der Waals surface area contributed by atoms with Crippen molar-refractivity contribution in [1.82, 2.24) is 0 Å². The Kier molecular flexibility index (Phi) is 4.94. The van der Waals surface area contributed by atoms with E-state index in [1.54, 1.807) is 29.2 Å².